The first-order valence-corrected chi connectivity index (χ1v) is 9.23. The molecule has 1 aromatic heterocycles. The molecule has 0 aliphatic carbocycles. The Kier molecular flexibility index (Phi) is 5.44. The molecule has 3 rings (SSSR count). The van der Waals surface area contributed by atoms with Crippen molar-refractivity contribution in [3.8, 4) is 5.75 Å². The summed E-state index contributed by atoms with van der Waals surface area (Å²) in [5, 5.41) is 4.85. The second-order valence-corrected chi connectivity index (χ2v) is 6.81. The Morgan fingerprint density at radius 1 is 1.12 bits per heavy atom. The number of aryl methyl sites for hydroxylation is 2. The number of aromatic nitrogens is 1. The molecule has 0 spiro atoms. The lowest BCUT2D eigenvalue weighted by atomic mass is 10.1. The molecule has 136 valence electrons. The number of rotatable bonds is 5. The maximum absolute atomic E-state index is 13.0. The average molecular weight is 391 g/mol. The van der Waals surface area contributed by atoms with Crippen LogP contribution in [0.25, 0.3) is 10.9 Å². The highest BCUT2D eigenvalue weighted by Gasteiger charge is 2.20. The van der Waals surface area contributed by atoms with Gasteiger partial charge >= 0.3 is 0 Å². The highest BCUT2D eigenvalue weighted by atomic mass is 35.5. The fourth-order valence-corrected chi connectivity index (χ4v) is 3.72. The van der Waals surface area contributed by atoms with Gasteiger partial charge in [0, 0.05) is 33.2 Å². The average Bonchev–Trinajstić information content (AvgIpc) is 2.86. The minimum absolute atomic E-state index is 0.197. The Balaban J connectivity index is 2.05. The molecule has 0 aliphatic heterocycles. The fraction of sp³-hybridized carbons (Fsp3) is 0.250. The van der Waals surface area contributed by atoms with E-state index in [1.54, 1.807) is 18.2 Å². The maximum Gasteiger partial charge on any atom is 0.272 e. The third kappa shape index (κ3) is 3.53. The van der Waals surface area contributed by atoms with Crippen molar-refractivity contribution in [3.05, 3.63) is 57.7 Å². The van der Waals surface area contributed by atoms with E-state index in [1.165, 1.54) is 0 Å². The van der Waals surface area contributed by atoms with Gasteiger partial charge in [-0.3, -0.25) is 4.79 Å². The molecule has 0 saturated heterocycles. The number of carbonyl (C=O) groups is 1. The Morgan fingerprint density at radius 3 is 2.42 bits per heavy atom. The van der Waals surface area contributed by atoms with Crippen LogP contribution in [-0.4, -0.2) is 17.1 Å². The van der Waals surface area contributed by atoms with Gasteiger partial charge in [-0.2, -0.15) is 0 Å². The van der Waals surface area contributed by atoms with E-state index in [0.717, 1.165) is 22.2 Å². The van der Waals surface area contributed by atoms with Crippen molar-refractivity contribution < 1.29 is 9.53 Å². The van der Waals surface area contributed by atoms with Crippen LogP contribution in [0.2, 0.25) is 10.0 Å². The summed E-state index contributed by atoms with van der Waals surface area (Å²) >= 11 is 12.1. The van der Waals surface area contributed by atoms with Gasteiger partial charge in [0.25, 0.3) is 5.91 Å². The van der Waals surface area contributed by atoms with E-state index in [2.05, 4.69) is 5.32 Å². The topological polar surface area (TPSA) is 43.3 Å². The molecule has 0 unspecified atom stereocenters. The number of fused-ring (bicyclic) bond motifs is 1. The summed E-state index contributed by atoms with van der Waals surface area (Å²) < 4.78 is 7.60. The lowest BCUT2D eigenvalue weighted by Gasteiger charge is -2.10. The molecule has 1 heterocycles. The third-order valence-corrected chi connectivity index (χ3v) is 4.69. The summed E-state index contributed by atoms with van der Waals surface area (Å²) in [5.74, 6) is 0.599. The van der Waals surface area contributed by atoms with Crippen LogP contribution in [0.3, 0.4) is 0 Å². The standard InChI is InChI=1S/C20H20Cl2N2O2/c1-4-24-18-7-6-16(26-5-2)11-17(18)12(3)19(24)20(25)23-15-9-13(21)8-14(22)10-15/h6-11H,4-5H2,1-3H3,(H,23,25). The van der Waals surface area contributed by atoms with Gasteiger partial charge < -0.3 is 14.6 Å². The SMILES string of the molecule is CCOc1ccc2c(c1)c(C)c(C(=O)Nc1cc(Cl)cc(Cl)c1)n2CC. The van der Waals surface area contributed by atoms with Crippen molar-refractivity contribution in [2.75, 3.05) is 11.9 Å². The van der Waals surface area contributed by atoms with Gasteiger partial charge in [0.05, 0.1) is 6.61 Å². The second kappa shape index (κ2) is 7.60. The van der Waals surface area contributed by atoms with E-state index in [1.807, 2.05) is 43.5 Å². The number of benzene rings is 2. The molecule has 1 amide bonds. The number of nitrogens with zero attached hydrogens (tertiary/aromatic N) is 1. The Hall–Kier alpha value is -2.17. The Labute approximate surface area is 162 Å². The van der Waals surface area contributed by atoms with E-state index in [4.69, 9.17) is 27.9 Å². The van der Waals surface area contributed by atoms with Crippen molar-refractivity contribution in [2.45, 2.75) is 27.3 Å². The van der Waals surface area contributed by atoms with Crippen LogP contribution >= 0.6 is 23.2 Å². The number of ether oxygens (including phenoxy) is 1. The second-order valence-electron chi connectivity index (χ2n) is 5.94. The Morgan fingerprint density at radius 2 is 1.81 bits per heavy atom. The van der Waals surface area contributed by atoms with Crippen LogP contribution in [0.5, 0.6) is 5.75 Å². The van der Waals surface area contributed by atoms with Gasteiger partial charge in [0.1, 0.15) is 11.4 Å². The molecule has 2 aromatic carbocycles. The molecule has 3 aromatic rings. The predicted octanol–water partition coefficient (Wildman–Crippen LogP) is 5.93. The summed E-state index contributed by atoms with van der Waals surface area (Å²) in [6.45, 7) is 7.19. The van der Waals surface area contributed by atoms with Gasteiger partial charge in [0.2, 0.25) is 0 Å². The zero-order valence-corrected chi connectivity index (χ0v) is 16.4. The first-order valence-electron chi connectivity index (χ1n) is 8.47. The Bertz CT molecular complexity index is 959. The van der Waals surface area contributed by atoms with Crippen molar-refractivity contribution in [3.63, 3.8) is 0 Å². The van der Waals surface area contributed by atoms with Crippen LogP contribution in [0, 0.1) is 6.92 Å². The lowest BCUT2D eigenvalue weighted by molar-refractivity contribution is 0.101. The maximum atomic E-state index is 13.0. The molecule has 1 N–H and O–H groups in total. The molecular formula is C20H20Cl2N2O2. The van der Waals surface area contributed by atoms with Crippen LogP contribution in [-0.2, 0) is 6.54 Å². The highest BCUT2D eigenvalue weighted by Crippen LogP contribution is 2.30. The van der Waals surface area contributed by atoms with Crippen LogP contribution in [0.15, 0.2) is 36.4 Å². The molecule has 0 atom stereocenters. The van der Waals surface area contributed by atoms with Crippen LogP contribution in [0.4, 0.5) is 5.69 Å². The number of amides is 1. The summed E-state index contributed by atoms with van der Waals surface area (Å²) in [5.41, 5.74) is 3.10. The quantitative estimate of drug-likeness (QED) is 0.586. The van der Waals surface area contributed by atoms with Gasteiger partial charge in [-0.25, -0.2) is 0 Å². The van der Waals surface area contributed by atoms with E-state index < -0.39 is 0 Å². The minimum Gasteiger partial charge on any atom is -0.494 e. The fourth-order valence-electron chi connectivity index (χ4n) is 3.20. The van der Waals surface area contributed by atoms with Crippen molar-refractivity contribution in [1.29, 1.82) is 0 Å². The summed E-state index contributed by atoms with van der Waals surface area (Å²) in [6, 6.07) is 10.9. The minimum atomic E-state index is -0.197. The first kappa shape index (κ1) is 18.6. The van der Waals surface area contributed by atoms with Crippen molar-refractivity contribution in [2.24, 2.45) is 0 Å². The number of carbonyl (C=O) groups excluding carboxylic acids is 1. The normalized spacial score (nSPS) is 11.0. The summed E-state index contributed by atoms with van der Waals surface area (Å²) in [4.78, 5) is 13.0. The highest BCUT2D eigenvalue weighted by molar-refractivity contribution is 6.35. The number of nitrogens with one attached hydrogen (secondary N) is 1. The van der Waals surface area contributed by atoms with Crippen molar-refractivity contribution >= 4 is 45.7 Å². The van der Waals surface area contributed by atoms with Crippen LogP contribution in [0.1, 0.15) is 29.9 Å². The van der Waals surface area contributed by atoms with E-state index in [0.29, 0.717) is 34.6 Å². The van der Waals surface area contributed by atoms with Gasteiger partial charge in [-0.1, -0.05) is 23.2 Å². The molecular weight excluding hydrogens is 371 g/mol. The number of hydrogen-bond donors (Lipinski definition) is 1. The zero-order valence-electron chi connectivity index (χ0n) is 14.9. The molecule has 0 radical (unpaired) electrons. The first-order chi connectivity index (χ1) is 12.4. The van der Waals surface area contributed by atoms with Gasteiger partial charge in [0.15, 0.2) is 0 Å². The number of anilines is 1. The number of hydrogen-bond acceptors (Lipinski definition) is 2. The lowest BCUT2D eigenvalue weighted by Crippen LogP contribution is -2.17. The third-order valence-electron chi connectivity index (χ3n) is 4.25. The molecule has 0 saturated carbocycles. The molecule has 0 bridgehead atoms. The van der Waals surface area contributed by atoms with Gasteiger partial charge in [-0.05, 0) is 62.7 Å². The van der Waals surface area contributed by atoms with E-state index >= 15 is 0 Å². The molecule has 4 nitrogen and oxygen atoms in total. The smallest absolute Gasteiger partial charge is 0.272 e. The predicted molar refractivity (Wildman–Crippen MR) is 108 cm³/mol. The number of halogens is 2. The monoisotopic (exact) mass is 390 g/mol. The largest absolute Gasteiger partial charge is 0.494 e. The van der Waals surface area contributed by atoms with Crippen LogP contribution < -0.4 is 10.1 Å². The molecule has 26 heavy (non-hydrogen) atoms. The van der Waals surface area contributed by atoms with Crippen molar-refractivity contribution in [1.82, 2.24) is 4.57 Å². The van der Waals surface area contributed by atoms with Gasteiger partial charge in [-0.15, -0.1) is 0 Å². The van der Waals surface area contributed by atoms with E-state index in [-0.39, 0.29) is 5.91 Å². The summed E-state index contributed by atoms with van der Waals surface area (Å²) in [6.07, 6.45) is 0. The summed E-state index contributed by atoms with van der Waals surface area (Å²) in [7, 11) is 0. The molecule has 0 fully saturated rings. The molecule has 6 heteroatoms. The molecule has 0 aliphatic rings. The van der Waals surface area contributed by atoms with E-state index in [9.17, 15) is 4.79 Å². The zero-order chi connectivity index (χ0) is 18.8.